The van der Waals surface area contributed by atoms with E-state index in [1.54, 1.807) is 11.6 Å². The van der Waals surface area contributed by atoms with E-state index < -0.39 is 6.10 Å². The number of aliphatic hydroxyl groups is 1. The molecule has 4 heteroatoms. The van der Waals surface area contributed by atoms with Gasteiger partial charge in [0.15, 0.2) is 0 Å². The standard InChI is InChI=1S/C14H13N3O/c1-10(18)11-6-8-12(9-7-11)17-14-5-3-2-4-13(14)15-16-17/h2-10,18H,1H3/t10-/m1/s1. The summed E-state index contributed by atoms with van der Waals surface area (Å²) in [6.07, 6.45) is -0.452. The van der Waals surface area contributed by atoms with Gasteiger partial charge in [0.05, 0.1) is 17.3 Å². The zero-order chi connectivity index (χ0) is 12.5. The van der Waals surface area contributed by atoms with Crippen molar-refractivity contribution >= 4 is 11.0 Å². The van der Waals surface area contributed by atoms with Crippen LogP contribution in [0.5, 0.6) is 0 Å². The van der Waals surface area contributed by atoms with Crippen molar-refractivity contribution in [1.29, 1.82) is 0 Å². The Bertz CT molecular complexity index is 671. The summed E-state index contributed by atoms with van der Waals surface area (Å²) in [5.74, 6) is 0. The third kappa shape index (κ3) is 1.76. The minimum Gasteiger partial charge on any atom is -0.389 e. The molecule has 0 radical (unpaired) electrons. The average Bonchev–Trinajstić information content (AvgIpc) is 2.82. The van der Waals surface area contributed by atoms with Gasteiger partial charge < -0.3 is 5.11 Å². The normalized spacial score (nSPS) is 12.8. The lowest BCUT2D eigenvalue weighted by Crippen LogP contribution is -1.97. The molecule has 0 fully saturated rings. The number of rotatable bonds is 2. The first-order valence-corrected chi connectivity index (χ1v) is 5.84. The Kier molecular flexibility index (Phi) is 2.57. The van der Waals surface area contributed by atoms with Gasteiger partial charge in [0, 0.05) is 0 Å². The van der Waals surface area contributed by atoms with E-state index in [1.807, 2.05) is 48.5 Å². The third-order valence-electron chi connectivity index (χ3n) is 2.97. The maximum Gasteiger partial charge on any atom is 0.113 e. The van der Waals surface area contributed by atoms with Crippen molar-refractivity contribution in [2.45, 2.75) is 13.0 Å². The molecule has 1 heterocycles. The maximum absolute atomic E-state index is 9.48. The highest BCUT2D eigenvalue weighted by Crippen LogP contribution is 2.18. The van der Waals surface area contributed by atoms with Crippen molar-refractivity contribution in [3.8, 4) is 5.69 Å². The minimum absolute atomic E-state index is 0.452. The van der Waals surface area contributed by atoms with Gasteiger partial charge in [0.1, 0.15) is 5.52 Å². The molecule has 0 aliphatic carbocycles. The molecule has 3 aromatic rings. The molecule has 2 aromatic carbocycles. The summed E-state index contributed by atoms with van der Waals surface area (Å²) in [7, 11) is 0. The lowest BCUT2D eigenvalue weighted by molar-refractivity contribution is 0.199. The second-order valence-electron chi connectivity index (χ2n) is 4.26. The van der Waals surface area contributed by atoms with Gasteiger partial charge >= 0.3 is 0 Å². The van der Waals surface area contributed by atoms with Crippen molar-refractivity contribution in [3.05, 3.63) is 54.1 Å². The molecule has 4 nitrogen and oxygen atoms in total. The Labute approximate surface area is 104 Å². The van der Waals surface area contributed by atoms with Crippen molar-refractivity contribution in [2.24, 2.45) is 0 Å². The van der Waals surface area contributed by atoms with Crippen LogP contribution in [0, 0.1) is 0 Å². The van der Waals surface area contributed by atoms with Gasteiger partial charge in [-0.15, -0.1) is 5.10 Å². The summed E-state index contributed by atoms with van der Waals surface area (Å²) in [4.78, 5) is 0. The molecule has 0 unspecified atom stereocenters. The predicted molar refractivity (Wildman–Crippen MR) is 69.5 cm³/mol. The van der Waals surface area contributed by atoms with Crippen LogP contribution in [0.25, 0.3) is 16.7 Å². The summed E-state index contributed by atoms with van der Waals surface area (Å²) in [6, 6.07) is 15.5. The molecule has 18 heavy (non-hydrogen) atoms. The van der Waals surface area contributed by atoms with E-state index in [2.05, 4.69) is 10.3 Å². The first-order valence-electron chi connectivity index (χ1n) is 5.84. The van der Waals surface area contributed by atoms with E-state index in [9.17, 15) is 5.11 Å². The monoisotopic (exact) mass is 239 g/mol. The lowest BCUT2D eigenvalue weighted by atomic mass is 10.1. The lowest BCUT2D eigenvalue weighted by Gasteiger charge is -2.06. The van der Waals surface area contributed by atoms with Crippen LogP contribution in [0.4, 0.5) is 0 Å². The van der Waals surface area contributed by atoms with E-state index in [1.165, 1.54) is 0 Å². The number of nitrogens with zero attached hydrogens (tertiary/aromatic N) is 3. The molecule has 1 aromatic heterocycles. The van der Waals surface area contributed by atoms with E-state index in [0.29, 0.717) is 0 Å². The molecular formula is C14H13N3O. The fourth-order valence-corrected chi connectivity index (χ4v) is 1.95. The minimum atomic E-state index is -0.452. The highest BCUT2D eigenvalue weighted by atomic mass is 16.3. The van der Waals surface area contributed by atoms with Gasteiger partial charge in [-0.05, 0) is 36.8 Å². The van der Waals surface area contributed by atoms with E-state index in [-0.39, 0.29) is 0 Å². The molecule has 0 saturated carbocycles. The Morgan fingerprint density at radius 2 is 1.78 bits per heavy atom. The van der Waals surface area contributed by atoms with E-state index in [0.717, 1.165) is 22.3 Å². The van der Waals surface area contributed by atoms with Crippen molar-refractivity contribution < 1.29 is 5.11 Å². The SMILES string of the molecule is C[C@@H](O)c1ccc(-n2nnc3ccccc32)cc1. The molecule has 0 spiro atoms. The largest absolute Gasteiger partial charge is 0.389 e. The van der Waals surface area contributed by atoms with Crippen LogP contribution in [-0.2, 0) is 0 Å². The number of hydrogen-bond acceptors (Lipinski definition) is 3. The highest BCUT2D eigenvalue weighted by Gasteiger charge is 2.06. The Morgan fingerprint density at radius 3 is 2.50 bits per heavy atom. The summed E-state index contributed by atoms with van der Waals surface area (Å²) in [6.45, 7) is 1.75. The topological polar surface area (TPSA) is 50.9 Å². The fourth-order valence-electron chi connectivity index (χ4n) is 1.95. The second-order valence-corrected chi connectivity index (χ2v) is 4.26. The van der Waals surface area contributed by atoms with Crippen LogP contribution in [0.3, 0.4) is 0 Å². The van der Waals surface area contributed by atoms with Gasteiger partial charge in [-0.25, -0.2) is 4.68 Å². The molecule has 1 N–H and O–H groups in total. The highest BCUT2D eigenvalue weighted by molar-refractivity contribution is 5.75. The molecule has 0 amide bonds. The summed E-state index contributed by atoms with van der Waals surface area (Å²) in [5.41, 5.74) is 3.68. The van der Waals surface area contributed by atoms with E-state index >= 15 is 0 Å². The van der Waals surface area contributed by atoms with Crippen LogP contribution in [0.2, 0.25) is 0 Å². The van der Waals surface area contributed by atoms with Gasteiger partial charge in [-0.1, -0.05) is 29.5 Å². The first kappa shape index (κ1) is 10.9. The zero-order valence-corrected chi connectivity index (χ0v) is 9.99. The molecule has 1 atom stereocenters. The summed E-state index contributed by atoms with van der Waals surface area (Å²) < 4.78 is 1.79. The molecule has 3 rings (SSSR count). The Morgan fingerprint density at radius 1 is 1.06 bits per heavy atom. The molecular weight excluding hydrogens is 226 g/mol. The molecule has 0 aliphatic heterocycles. The Balaban J connectivity index is 2.09. The number of para-hydroxylation sites is 1. The zero-order valence-electron chi connectivity index (χ0n) is 9.99. The number of benzene rings is 2. The smallest absolute Gasteiger partial charge is 0.113 e. The van der Waals surface area contributed by atoms with Crippen LogP contribution in [0.1, 0.15) is 18.6 Å². The fraction of sp³-hybridized carbons (Fsp3) is 0.143. The van der Waals surface area contributed by atoms with Gasteiger partial charge in [-0.2, -0.15) is 0 Å². The predicted octanol–water partition coefficient (Wildman–Crippen LogP) is 2.47. The molecule has 90 valence electrons. The maximum atomic E-state index is 9.48. The van der Waals surface area contributed by atoms with Crippen LogP contribution >= 0.6 is 0 Å². The average molecular weight is 239 g/mol. The van der Waals surface area contributed by atoms with Crippen molar-refractivity contribution in [2.75, 3.05) is 0 Å². The van der Waals surface area contributed by atoms with Crippen LogP contribution < -0.4 is 0 Å². The van der Waals surface area contributed by atoms with Crippen molar-refractivity contribution in [1.82, 2.24) is 15.0 Å². The van der Waals surface area contributed by atoms with E-state index in [4.69, 9.17) is 0 Å². The second kappa shape index (κ2) is 4.23. The van der Waals surface area contributed by atoms with Crippen LogP contribution in [-0.4, -0.2) is 20.1 Å². The quantitative estimate of drug-likeness (QED) is 0.747. The first-order chi connectivity index (χ1) is 8.75. The number of fused-ring (bicyclic) bond motifs is 1. The molecule has 0 saturated heterocycles. The van der Waals surface area contributed by atoms with Gasteiger partial charge in [-0.3, -0.25) is 0 Å². The summed E-state index contributed by atoms with van der Waals surface area (Å²) in [5, 5.41) is 17.7. The van der Waals surface area contributed by atoms with Gasteiger partial charge in [0.25, 0.3) is 0 Å². The van der Waals surface area contributed by atoms with Crippen molar-refractivity contribution in [3.63, 3.8) is 0 Å². The number of aliphatic hydroxyl groups excluding tert-OH is 1. The van der Waals surface area contributed by atoms with Gasteiger partial charge in [0.2, 0.25) is 0 Å². The number of hydrogen-bond donors (Lipinski definition) is 1. The third-order valence-corrected chi connectivity index (χ3v) is 2.97. The molecule has 0 aliphatic rings. The summed E-state index contributed by atoms with van der Waals surface area (Å²) >= 11 is 0. The molecule has 0 bridgehead atoms. The van der Waals surface area contributed by atoms with Crippen LogP contribution in [0.15, 0.2) is 48.5 Å². The number of aromatic nitrogens is 3. The Hall–Kier alpha value is -2.20.